The van der Waals surface area contributed by atoms with Crippen molar-refractivity contribution in [3.63, 3.8) is 0 Å². The summed E-state index contributed by atoms with van der Waals surface area (Å²) in [5, 5.41) is 10.7. The van der Waals surface area contributed by atoms with Crippen molar-refractivity contribution in [2.75, 3.05) is 7.11 Å². The maximum atomic E-state index is 11.6. The maximum absolute atomic E-state index is 11.6. The van der Waals surface area contributed by atoms with E-state index < -0.39 is 23.1 Å². The van der Waals surface area contributed by atoms with Crippen LogP contribution in [0.2, 0.25) is 0 Å². The molecule has 0 aliphatic carbocycles. The molecule has 0 saturated carbocycles. The van der Waals surface area contributed by atoms with Crippen LogP contribution in [-0.2, 0) is 9.53 Å². The lowest BCUT2D eigenvalue weighted by Gasteiger charge is -2.02. The maximum Gasteiger partial charge on any atom is 0.313 e. The van der Waals surface area contributed by atoms with Gasteiger partial charge in [0.25, 0.3) is 5.69 Å². The average molecular weight is 237 g/mol. The Labute approximate surface area is 97.3 Å². The van der Waals surface area contributed by atoms with Gasteiger partial charge in [0.05, 0.1) is 12.0 Å². The molecule has 17 heavy (non-hydrogen) atoms. The van der Waals surface area contributed by atoms with E-state index in [1.54, 1.807) is 6.92 Å². The molecule has 1 aromatic carbocycles. The molecule has 0 aliphatic heterocycles. The minimum atomic E-state index is -0.668. The highest BCUT2D eigenvalue weighted by Gasteiger charge is 2.17. The molecule has 0 bridgehead atoms. The van der Waals surface area contributed by atoms with Gasteiger partial charge in [-0.25, -0.2) is 0 Å². The fourth-order valence-corrected chi connectivity index (χ4v) is 1.28. The van der Waals surface area contributed by atoms with E-state index in [-0.39, 0.29) is 11.3 Å². The molecule has 6 nitrogen and oxygen atoms in total. The molecule has 0 saturated heterocycles. The van der Waals surface area contributed by atoms with Gasteiger partial charge in [0.1, 0.15) is 6.42 Å². The number of carbonyl (C=O) groups is 2. The number of nitrogens with zero attached hydrogens (tertiary/aromatic N) is 1. The summed E-state index contributed by atoms with van der Waals surface area (Å²) in [5.74, 6) is -1.17. The van der Waals surface area contributed by atoms with Crippen LogP contribution in [0.4, 0.5) is 5.69 Å². The molecule has 0 heterocycles. The third-order valence-corrected chi connectivity index (χ3v) is 2.26. The summed E-state index contributed by atoms with van der Waals surface area (Å²) in [7, 11) is 1.17. The molecule has 1 aromatic rings. The molecule has 0 atom stereocenters. The predicted octanol–water partition coefficient (Wildman–Crippen LogP) is 1.65. The number of nitro benzene ring substituents is 1. The Morgan fingerprint density at radius 2 is 2.06 bits per heavy atom. The summed E-state index contributed by atoms with van der Waals surface area (Å²) >= 11 is 0. The summed E-state index contributed by atoms with van der Waals surface area (Å²) in [5.41, 5.74) is 0.457. The summed E-state index contributed by atoms with van der Waals surface area (Å²) in [6.45, 7) is 1.58. The van der Waals surface area contributed by atoms with Crippen molar-refractivity contribution in [3.8, 4) is 0 Å². The second-order valence-electron chi connectivity index (χ2n) is 3.43. The summed E-state index contributed by atoms with van der Waals surface area (Å²) in [4.78, 5) is 32.6. The first kappa shape index (κ1) is 12.8. The van der Waals surface area contributed by atoms with Crippen LogP contribution in [-0.4, -0.2) is 23.8 Å². The van der Waals surface area contributed by atoms with Crippen molar-refractivity contribution in [2.24, 2.45) is 0 Å². The first-order valence-electron chi connectivity index (χ1n) is 4.80. The van der Waals surface area contributed by atoms with E-state index in [1.807, 2.05) is 0 Å². The highest BCUT2D eigenvalue weighted by atomic mass is 16.6. The van der Waals surface area contributed by atoms with E-state index in [0.29, 0.717) is 5.56 Å². The Morgan fingerprint density at radius 3 is 2.59 bits per heavy atom. The number of nitro groups is 1. The molecule has 6 heteroatoms. The van der Waals surface area contributed by atoms with Crippen molar-refractivity contribution in [3.05, 3.63) is 39.4 Å². The van der Waals surface area contributed by atoms with Gasteiger partial charge in [0.15, 0.2) is 5.78 Å². The van der Waals surface area contributed by atoms with Crippen LogP contribution in [0, 0.1) is 17.0 Å². The van der Waals surface area contributed by atoms with E-state index >= 15 is 0 Å². The quantitative estimate of drug-likeness (QED) is 0.261. The van der Waals surface area contributed by atoms with Crippen LogP contribution in [0.5, 0.6) is 0 Å². The lowest BCUT2D eigenvalue weighted by atomic mass is 10.0. The van der Waals surface area contributed by atoms with Gasteiger partial charge in [-0.3, -0.25) is 19.7 Å². The number of aryl methyl sites for hydroxylation is 1. The Balaban J connectivity index is 3.00. The Bertz CT molecular complexity index is 481. The molecular weight excluding hydrogens is 226 g/mol. The second kappa shape index (κ2) is 5.20. The fourth-order valence-electron chi connectivity index (χ4n) is 1.28. The van der Waals surface area contributed by atoms with Gasteiger partial charge in [-0.05, 0) is 6.92 Å². The standard InChI is InChI=1S/C11H11NO5/c1-7-3-4-8(5-9(7)12(15)16)10(13)6-11(14)17-2/h3-5H,6H2,1-2H3. The molecule has 0 spiro atoms. The van der Waals surface area contributed by atoms with Gasteiger partial charge < -0.3 is 4.74 Å². The van der Waals surface area contributed by atoms with E-state index in [2.05, 4.69) is 4.74 Å². The molecule has 0 fully saturated rings. The Morgan fingerprint density at radius 1 is 1.41 bits per heavy atom. The number of hydrogen-bond donors (Lipinski definition) is 0. The van der Waals surface area contributed by atoms with Crippen LogP contribution in [0.15, 0.2) is 18.2 Å². The normalized spacial score (nSPS) is 9.76. The van der Waals surface area contributed by atoms with Gasteiger partial charge in [-0.1, -0.05) is 12.1 Å². The molecule has 0 unspecified atom stereocenters. The Hall–Kier alpha value is -2.24. The van der Waals surface area contributed by atoms with Crippen molar-refractivity contribution in [1.82, 2.24) is 0 Å². The number of hydrogen-bond acceptors (Lipinski definition) is 5. The summed E-state index contributed by atoms with van der Waals surface area (Å²) in [6.07, 6.45) is -0.420. The molecule has 0 radical (unpaired) electrons. The van der Waals surface area contributed by atoms with Crippen LogP contribution in [0.3, 0.4) is 0 Å². The second-order valence-corrected chi connectivity index (χ2v) is 3.43. The molecule has 0 aliphatic rings. The first-order valence-corrected chi connectivity index (χ1v) is 4.80. The van der Waals surface area contributed by atoms with Gasteiger partial charge in [0, 0.05) is 17.2 Å². The van der Waals surface area contributed by atoms with Crippen molar-refractivity contribution >= 4 is 17.4 Å². The number of esters is 1. The van der Waals surface area contributed by atoms with Gasteiger partial charge in [-0.15, -0.1) is 0 Å². The minimum Gasteiger partial charge on any atom is -0.469 e. The Kier molecular flexibility index (Phi) is 3.92. The van der Waals surface area contributed by atoms with E-state index in [0.717, 1.165) is 0 Å². The number of ether oxygens (including phenoxy) is 1. The number of ketones is 1. The van der Waals surface area contributed by atoms with E-state index in [4.69, 9.17) is 0 Å². The van der Waals surface area contributed by atoms with E-state index in [9.17, 15) is 19.7 Å². The third-order valence-electron chi connectivity index (χ3n) is 2.26. The zero-order chi connectivity index (χ0) is 13.0. The number of Topliss-reactive ketones (excluding diaryl/α,β-unsaturated/α-hetero) is 1. The largest absolute Gasteiger partial charge is 0.469 e. The van der Waals surface area contributed by atoms with Crippen LogP contribution in [0.25, 0.3) is 0 Å². The highest BCUT2D eigenvalue weighted by Crippen LogP contribution is 2.20. The lowest BCUT2D eigenvalue weighted by molar-refractivity contribution is -0.385. The van der Waals surface area contributed by atoms with Crippen molar-refractivity contribution < 1.29 is 19.2 Å². The number of carbonyl (C=O) groups excluding carboxylic acids is 2. The average Bonchev–Trinajstić information content (AvgIpc) is 2.28. The summed E-state index contributed by atoms with van der Waals surface area (Å²) in [6, 6.07) is 4.09. The van der Waals surface area contributed by atoms with Gasteiger partial charge >= 0.3 is 5.97 Å². The molecule has 0 N–H and O–H groups in total. The van der Waals surface area contributed by atoms with Crippen LogP contribution in [0.1, 0.15) is 22.3 Å². The molecule has 0 aromatic heterocycles. The lowest BCUT2D eigenvalue weighted by Crippen LogP contribution is -2.10. The van der Waals surface area contributed by atoms with Crippen LogP contribution < -0.4 is 0 Å². The number of rotatable bonds is 4. The number of methoxy groups -OCH3 is 1. The van der Waals surface area contributed by atoms with Gasteiger partial charge in [-0.2, -0.15) is 0 Å². The monoisotopic (exact) mass is 237 g/mol. The number of benzene rings is 1. The topological polar surface area (TPSA) is 86.5 Å². The zero-order valence-corrected chi connectivity index (χ0v) is 9.43. The minimum absolute atomic E-state index is 0.132. The van der Waals surface area contributed by atoms with E-state index in [1.165, 1.54) is 25.3 Å². The SMILES string of the molecule is COC(=O)CC(=O)c1ccc(C)c([N+](=O)[O-])c1. The van der Waals surface area contributed by atoms with Crippen molar-refractivity contribution in [1.29, 1.82) is 0 Å². The molecule has 1 rings (SSSR count). The first-order chi connectivity index (χ1) is 7.95. The van der Waals surface area contributed by atoms with Crippen LogP contribution >= 0.6 is 0 Å². The molecular formula is C11H11NO5. The van der Waals surface area contributed by atoms with Gasteiger partial charge in [0.2, 0.25) is 0 Å². The zero-order valence-electron chi connectivity index (χ0n) is 9.43. The highest BCUT2D eigenvalue weighted by molar-refractivity contribution is 6.06. The molecule has 90 valence electrons. The summed E-state index contributed by atoms with van der Waals surface area (Å²) < 4.78 is 4.35. The molecule has 0 amide bonds. The predicted molar refractivity (Wildman–Crippen MR) is 58.8 cm³/mol. The smallest absolute Gasteiger partial charge is 0.313 e. The third kappa shape index (κ3) is 3.10. The fraction of sp³-hybridized carbons (Fsp3) is 0.273. The van der Waals surface area contributed by atoms with Crippen molar-refractivity contribution in [2.45, 2.75) is 13.3 Å².